The van der Waals surface area contributed by atoms with Gasteiger partial charge in [-0.1, -0.05) is 19.3 Å². The summed E-state index contributed by atoms with van der Waals surface area (Å²) < 4.78 is 5.08. The van der Waals surface area contributed by atoms with E-state index in [0.717, 1.165) is 38.5 Å². The van der Waals surface area contributed by atoms with Crippen LogP contribution in [0.3, 0.4) is 0 Å². The maximum atomic E-state index is 12.9. The number of rotatable bonds is 9. The molecular formula is C22H31N3O4. The molecule has 2 fully saturated rings. The highest BCUT2D eigenvalue weighted by atomic mass is 16.5. The first-order valence-electron chi connectivity index (χ1n) is 10.5. The van der Waals surface area contributed by atoms with Gasteiger partial charge in [0.15, 0.2) is 0 Å². The van der Waals surface area contributed by atoms with Gasteiger partial charge in [0.2, 0.25) is 17.7 Å². The molecule has 7 heteroatoms. The molecule has 2 N–H and O–H groups in total. The lowest BCUT2D eigenvalue weighted by Crippen LogP contribution is -2.46. The Balaban J connectivity index is 1.45. The van der Waals surface area contributed by atoms with Gasteiger partial charge in [-0.05, 0) is 55.9 Å². The van der Waals surface area contributed by atoms with Crippen molar-refractivity contribution >= 4 is 23.4 Å². The number of hydrogen-bond donors (Lipinski definition) is 2. The van der Waals surface area contributed by atoms with E-state index in [4.69, 9.17) is 4.74 Å². The van der Waals surface area contributed by atoms with Gasteiger partial charge < -0.3 is 20.3 Å². The minimum absolute atomic E-state index is 0.0294. The second-order valence-electron chi connectivity index (χ2n) is 8.05. The number of hydrogen-bond acceptors (Lipinski definition) is 4. The molecule has 3 rings (SSSR count). The van der Waals surface area contributed by atoms with Crippen LogP contribution >= 0.6 is 0 Å². The number of nitrogens with zero attached hydrogens (tertiary/aromatic N) is 1. The molecule has 0 heterocycles. The van der Waals surface area contributed by atoms with Crippen molar-refractivity contribution < 1.29 is 19.1 Å². The summed E-state index contributed by atoms with van der Waals surface area (Å²) in [7, 11) is 1.58. The highest BCUT2D eigenvalue weighted by molar-refractivity contribution is 5.95. The first-order valence-corrected chi connectivity index (χ1v) is 10.5. The Bertz CT molecular complexity index is 709. The first-order chi connectivity index (χ1) is 14.0. The third kappa shape index (κ3) is 6.76. The number of benzene rings is 1. The Morgan fingerprint density at radius 2 is 1.69 bits per heavy atom. The molecule has 2 aliphatic carbocycles. The van der Waals surface area contributed by atoms with E-state index in [0.29, 0.717) is 23.9 Å². The molecule has 2 aliphatic rings. The maximum absolute atomic E-state index is 12.9. The lowest BCUT2D eigenvalue weighted by Gasteiger charge is -2.29. The SMILES string of the molecule is COc1ccc(NC(=O)CNC(=O)CN(CC2CC2)C(=O)C2CCCCC2)cc1. The van der Waals surface area contributed by atoms with E-state index in [-0.39, 0.29) is 36.7 Å². The third-order valence-corrected chi connectivity index (χ3v) is 5.60. The van der Waals surface area contributed by atoms with Gasteiger partial charge in [-0.15, -0.1) is 0 Å². The van der Waals surface area contributed by atoms with E-state index in [1.165, 1.54) is 6.42 Å². The van der Waals surface area contributed by atoms with Crippen LogP contribution in [0.25, 0.3) is 0 Å². The average Bonchev–Trinajstić information content (AvgIpc) is 3.56. The van der Waals surface area contributed by atoms with Crippen molar-refractivity contribution in [3.63, 3.8) is 0 Å². The minimum Gasteiger partial charge on any atom is -0.497 e. The highest BCUT2D eigenvalue weighted by Gasteiger charge is 2.32. The topological polar surface area (TPSA) is 87.7 Å². The van der Waals surface area contributed by atoms with E-state index in [1.807, 2.05) is 0 Å². The molecular weight excluding hydrogens is 370 g/mol. The predicted octanol–water partition coefficient (Wildman–Crippen LogP) is 2.57. The van der Waals surface area contributed by atoms with Crippen LogP contribution in [0.2, 0.25) is 0 Å². The second-order valence-corrected chi connectivity index (χ2v) is 8.05. The zero-order valence-electron chi connectivity index (χ0n) is 17.1. The van der Waals surface area contributed by atoms with Crippen LogP contribution < -0.4 is 15.4 Å². The number of carbonyl (C=O) groups excluding carboxylic acids is 3. The number of nitrogens with one attached hydrogen (secondary N) is 2. The van der Waals surface area contributed by atoms with Gasteiger partial charge in [0, 0.05) is 18.2 Å². The Kier molecular flexibility index (Phi) is 7.49. The number of methoxy groups -OCH3 is 1. The van der Waals surface area contributed by atoms with Crippen LogP contribution in [0.4, 0.5) is 5.69 Å². The Morgan fingerprint density at radius 1 is 1.00 bits per heavy atom. The minimum atomic E-state index is -0.309. The van der Waals surface area contributed by atoms with Gasteiger partial charge in [0.25, 0.3) is 0 Å². The van der Waals surface area contributed by atoms with Crippen molar-refractivity contribution in [1.29, 1.82) is 0 Å². The monoisotopic (exact) mass is 401 g/mol. The van der Waals surface area contributed by atoms with Crippen molar-refractivity contribution in [3.8, 4) is 5.75 Å². The summed E-state index contributed by atoms with van der Waals surface area (Å²) in [6, 6.07) is 6.97. The van der Waals surface area contributed by atoms with Crippen molar-refractivity contribution in [3.05, 3.63) is 24.3 Å². The fraction of sp³-hybridized carbons (Fsp3) is 0.591. The molecule has 158 valence electrons. The zero-order valence-corrected chi connectivity index (χ0v) is 17.1. The standard InChI is InChI=1S/C22H31N3O4/c1-29-19-11-9-18(10-12-19)24-20(26)13-23-21(27)15-25(14-16-7-8-16)22(28)17-5-3-2-4-6-17/h9-12,16-17H,2-8,13-15H2,1H3,(H,23,27)(H,24,26). The van der Waals surface area contributed by atoms with Crippen molar-refractivity contribution in [2.45, 2.75) is 44.9 Å². The molecule has 1 aromatic rings. The Morgan fingerprint density at radius 3 is 2.31 bits per heavy atom. The molecule has 0 aliphatic heterocycles. The van der Waals surface area contributed by atoms with Crippen molar-refractivity contribution in [2.24, 2.45) is 11.8 Å². The smallest absolute Gasteiger partial charge is 0.243 e. The predicted molar refractivity (Wildman–Crippen MR) is 111 cm³/mol. The van der Waals surface area contributed by atoms with E-state index in [9.17, 15) is 14.4 Å². The molecule has 29 heavy (non-hydrogen) atoms. The summed E-state index contributed by atoms with van der Waals surface area (Å²) in [4.78, 5) is 39.1. The fourth-order valence-electron chi connectivity index (χ4n) is 3.74. The number of carbonyl (C=O) groups is 3. The van der Waals surface area contributed by atoms with E-state index in [1.54, 1.807) is 36.3 Å². The van der Waals surface area contributed by atoms with Gasteiger partial charge >= 0.3 is 0 Å². The molecule has 1 aromatic carbocycles. The molecule has 0 spiro atoms. The van der Waals surface area contributed by atoms with Gasteiger partial charge in [-0.25, -0.2) is 0 Å². The molecule has 2 saturated carbocycles. The van der Waals surface area contributed by atoms with Crippen molar-refractivity contribution in [1.82, 2.24) is 10.2 Å². The summed E-state index contributed by atoms with van der Waals surface area (Å²) in [5.41, 5.74) is 0.632. The van der Waals surface area contributed by atoms with Crippen LogP contribution in [0, 0.1) is 11.8 Å². The number of amides is 3. The Hall–Kier alpha value is -2.57. The number of anilines is 1. The average molecular weight is 402 g/mol. The van der Waals surface area contributed by atoms with E-state index >= 15 is 0 Å². The van der Waals surface area contributed by atoms with E-state index in [2.05, 4.69) is 10.6 Å². The molecule has 0 bridgehead atoms. The van der Waals surface area contributed by atoms with Gasteiger partial charge in [0.05, 0.1) is 20.2 Å². The second kappa shape index (κ2) is 10.3. The van der Waals surface area contributed by atoms with Crippen LogP contribution in [-0.2, 0) is 14.4 Å². The van der Waals surface area contributed by atoms with Crippen LogP contribution in [-0.4, -0.2) is 49.4 Å². The van der Waals surface area contributed by atoms with Gasteiger partial charge in [-0.3, -0.25) is 14.4 Å². The van der Waals surface area contributed by atoms with Gasteiger partial charge in [0.1, 0.15) is 5.75 Å². The summed E-state index contributed by atoms with van der Waals surface area (Å²) in [5.74, 6) is 0.780. The summed E-state index contributed by atoms with van der Waals surface area (Å²) in [6.07, 6.45) is 7.46. The molecule has 0 saturated heterocycles. The molecule has 0 atom stereocenters. The molecule has 3 amide bonds. The quantitative estimate of drug-likeness (QED) is 0.666. The maximum Gasteiger partial charge on any atom is 0.243 e. The molecule has 0 aromatic heterocycles. The molecule has 0 radical (unpaired) electrons. The molecule has 0 unspecified atom stereocenters. The zero-order chi connectivity index (χ0) is 20.6. The van der Waals surface area contributed by atoms with Crippen LogP contribution in [0.1, 0.15) is 44.9 Å². The van der Waals surface area contributed by atoms with Crippen molar-refractivity contribution in [2.75, 3.05) is 32.1 Å². The number of ether oxygens (including phenoxy) is 1. The Labute approximate surface area is 172 Å². The fourth-order valence-corrected chi connectivity index (χ4v) is 3.74. The van der Waals surface area contributed by atoms with E-state index < -0.39 is 0 Å². The summed E-state index contributed by atoms with van der Waals surface area (Å²) in [6.45, 7) is 0.558. The lowest BCUT2D eigenvalue weighted by molar-refractivity contribution is -0.140. The van der Waals surface area contributed by atoms with Crippen LogP contribution in [0.5, 0.6) is 5.75 Å². The highest BCUT2D eigenvalue weighted by Crippen LogP contribution is 2.31. The first kappa shape index (κ1) is 21.1. The largest absolute Gasteiger partial charge is 0.497 e. The summed E-state index contributed by atoms with van der Waals surface area (Å²) >= 11 is 0. The summed E-state index contributed by atoms with van der Waals surface area (Å²) in [5, 5.41) is 5.37. The van der Waals surface area contributed by atoms with Gasteiger partial charge in [-0.2, -0.15) is 0 Å². The van der Waals surface area contributed by atoms with Crippen LogP contribution in [0.15, 0.2) is 24.3 Å². The lowest BCUT2D eigenvalue weighted by atomic mass is 9.88. The molecule has 7 nitrogen and oxygen atoms in total. The third-order valence-electron chi connectivity index (χ3n) is 5.60. The normalized spacial score (nSPS) is 16.7.